The van der Waals surface area contributed by atoms with Gasteiger partial charge in [-0.1, -0.05) is 0 Å². The van der Waals surface area contributed by atoms with Crippen LogP contribution < -0.4 is 4.74 Å². The third-order valence-electron chi connectivity index (χ3n) is 5.13. The SMILES string of the molecule is O=C1OC2(c3cc(I)c(O)c(I)c3Oc3c2cc(I)c(O)c3I)c2c(I)cc(I)cc21. The van der Waals surface area contributed by atoms with Crippen LogP contribution in [-0.4, -0.2) is 16.2 Å². The van der Waals surface area contributed by atoms with Crippen LogP contribution in [0, 0.1) is 21.4 Å². The average molecular weight is 1090 g/mol. The lowest BCUT2D eigenvalue weighted by Gasteiger charge is -2.38. The maximum atomic E-state index is 13.2. The molecule has 0 aromatic heterocycles. The summed E-state index contributed by atoms with van der Waals surface area (Å²) in [6.45, 7) is 0. The molecule has 158 valence electrons. The Bertz CT molecular complexity index is 1290. The van der Waals surface area contributed by atoms with Crippen molar-refractivity contribution in [3.63, 3.8) is 0 Å². The number of phenolic OH excluding ortho intramolecular Hbond substituents is 2. The minimum atomic E-state index is -1.25. The molecule has 0 bridgehead atoms. The number of carbonyl (C=O) groups is 1. The van der Waals surface area contributed by atoms with E-state index in [2.05, 4.69) is 90.4 Å². The third kappa shape index (κ3) is 3.34. The molecule has 0 atom stereocenters. The number of aromatic hydroxyl groups is 2. The van der Waals surface area contributed by atoms with Gasteiger partial charge in [-0.15, -0.1) is 0 Å². The Morgan fingerprint density at radius 3 is 1.77 bits per heavy atom. The molecule has 2 aliphatic heterocycles. The van der Waals surface area contributed by atoms with E-state index in [1.165, 1.54) is 0 Å². The summed E-state index contributed by atoms with van der Waals surface area (Å²) in [5.41, 5.74) is 1.30. The van der Waals surface area contributed by atoms with Crippen molar-refractivity contribution in [2.45, 2.75) is 5.60 Å². The van der Waals surface area contributed by atoms with Crippen LogP contribution in [0.5, 0.6) is 23.0 Å². The van der Waals surface area contributed by atoms with Crippen molar-refractivity contribution in [1.29, 1.82) is 0 Å². The van der Waals surface area contributed by atoms with Gasteiger partial charge in [0.1, 0.15) is 11.5 Å². The van der Waals surface area contributed by atoms with Gasteiger partial charge in [-0.25, -0.2) is 4.79 Å². The van der Waals surface area contributed by atoms with Gasteiger partial charge in [0.2, 0.25) is 0 Å². The van der Waals surface area contributed by atoms with Crippen molar-refractivity contribution in [3.8, 4) is 23.0 Å². The molecule has 0 unspecified atom stereocenters. The predicted molar refractivity (Wildman–Crippen MR) is 164 cm³/mol. The summed E-state index contributed by atoms with van der Waals surface area (Å²) in [7, 11) is 0. The number of phenols is 2. The van der Waals surface area contributed by atoms with Crippen LogP contribution in [0.1, 0.15) is 27.0 Å². The van der Waals surface area contributed by atoms with Crippen LogP contribution in [0.4, 0.5) is 0 Å². The molecule has 0 aliphatic carbocycles. The molecule has 0 saturated heterocycles. The van der Waals surface area contributed by atoms with Crippen molar-refractivity contribution in [1.82, 2.24) is 0 Å². The van der Waals surface area contributed by atoms with E-state index in [-0.39, 0.29) is 11.5 Å². The van der Waals surface area contributed by atoms with E-state index >= 15 is 0 Å². The van der Waals surface area contributed by atoms with Crippen LogP contribution >= 0.6 is 136 Å². The molecule has 2 N–H and O–H groups in total. The number of fused-ring (bicyclic) bond motifs is 6. The minimum Gasteiger partial charge on any atom is -0.506 e. The first-order valence-corrected chi connectivity index (χ1v) is 14.9. The fraction of sp³-hybridized carbons (Fsp3) is 0.0500. The van der Waals surface area contributed by atoms with Crippen LogP contribution in [0.15, 0.2) is 24.3 Å². The lowest BCUT2D eigenvalue weighted by atomic mass is 9.77. The number of hydrogen-bond acceptors (Lipinski definition) is 5. The topological polar surface area (TPSA) is 76.0 Å². The van der Waals surface area contributed by atoms with Gasteiger partial charge < -0.3 is 19.7 Å². The van der Waals surface area contributed by atoms with E-state index in [4.69, 9.17) is 9.47 Å². The van der Waals surface area contributed by atoms with Gasteiger partial charge in [0.15, 0.2) is 17.1 Å². The fourth-order valence-electron chi connectivity index (χ4n) is 3.87. The van der Waals surface area contributed by atoms with Crippen LogP contribution in [-0.2, 0) is 10.3 Å². The van der Waals surface area contributed by atoms with E-state index in [1.54, 1.807) is 12.1 Å². The number of ether oxygens (including phenoxy) is 2. The summed E-state index contributed by atoms with van der Waals surface area (Å²) >= 11 is 12.6. The summed E-state index contributed by atoms with van der Waals surface area (Å²) in [6, 6.07) is 7.44. The van der Waals surface area contributed by atoms with Crippen molar-refractivity contribution in [2.75, 3.05) is 0 Å². The quantitative estimate of drug-likeness (QED) is 0.183. The second kappa shape index (κ2) is 8.25. The third-order valence-corrected chi connectivity index (χ3v) is 10.3. The molecule has 2 heterocycles. The highest BCUT2D eigenvalue weighted by molar-refractivity contribution is 14.1. The van der Waals surface area contributed by atoms with E-state index in [1.807, 2.05) is 57.3 Å². The lowest BCUT2D eigenvalue weighted by Crippen LogP contribution is -2.34. The predicted octanol–water partition coefficient (Wildman–Crippen LogP) is 7.29. The standard InChI is InChI=1S/C20H6I6O5/c21-5-1-6-12(9(22)2-5)20(31-19(6)29)7-3-10(23)15(27)13(25)17(7)30-18-8(20)4-11(24)16(28)14(18)26/h1-4,27-28H. The van der Waals surface area contributed by atoms with E-state index in [0.717, 1.165) is 12.7 Å². The number of rotatable bonds is 0. The first-order chi connectivity index (χ1) is 14.6. The van der Waals surface area contributed by atoms with Gasteiger partial charge in [0.05, 0.1) is 31.0 Å². The number of hydrogen-bond donors (Lipinski definition) is 2. The molecule has 0 radical (unpaired) electrons. The Morgan fingerprint density at radius 2 is 1.26 bits per heavy atom. The molecule has 5 rings (SSSR count). The Kier molecular flexibility index (Phi) is 6.29. The Hall–Kier alpha value is 0.910. The normalized spacial score (nSPS) is 15.2. The molecule has 2 aliphatic rings. The first kappa shape index (κ1) is 23.6. The van der Waals surface area contributed by atoms with E-state index in [9.17, 15) is 15.0 Å². The summed E-state index contributed by atoms with van der Waals surface area (Å²) in [5, 5.41) is 21.2. The number of esters is 1. The van der Waals surface area contributed by atoms with Crippen molar-refractivity contribution >= 4 is 142 Å². The number of benzene rings is 3. The van der Waals surface area contributed by atoms with Crippen molar-refractivity contribution in [2.24, 2.45) is 0 Å². The molecular formula is C20H6I6O5. The smallest absolute Gasteiger partial charge is 0.340 e. The summed E-state index contributed by atoms with van der Waals surface area (Å²) in [4.78, 5) is 13.2. The van der Waals surface area contributed by atoms with Gasteiger partial charge in [0, 0.05) is 12.7 Å². The number of carbonyl (C=O) groups excluding carboxylic acids is 1. The zero-order valence-electron chi connectivity index (χ0n) is 14.7. The highest BCUT2D eigenvalue weighted by Gasteiger charge is 2.56. The maximum absolute atomic E-state index is 13.2. The van der Waals surface area contributed by atoms with Crippen LogP contribution in [0.3, 0.4) is 0 Å². The highest BCUT2D eigenvalue weighted by Crippen LogP contribution is 2.61. The molecule has 31 heavy (non-hydrogen) atoms. The molecule has 11 heteroatoms. The zero-order valence-corrected chi connectivity index (χ0v) is 27.6. The first-order valence-electron chi connectivity index (χ1n) is 8.41. The second-order valence-electron chi connectivity index (χ2n) is 6.78. The lowest BCUT2D eigenvalue weighted by molar-refractivity contribution is 0.0221. The Balaban J connectivity index is 2.01. The largest absolute Gasteiger partial charge is 0.506 e. The molecule has 3 aromatic rings. The summed E-state index contributed by atoms with van der Waals surface area (Å²) < 4.78 is 16.6. The van der Waals surface area contributed by atoms with Gasteiger partial charge >= 0.3 is 5.97 Å². The Labute approximate surface area is 258 Å². The van der Waals surface area contributed by atoms with E-state index < -0.39 is 11.6 Å². The summed E-state index contributed by atoms with van der Waals surface area (Å²) in [5.74, 6) is 0.621. The monoisotopic (exact) mass is 1090 g/mol. The fourth-order valence-corrected chi connectivity index (χ4v) is 9.67. The van der Waals surface area contributed by atoms with Crippen LogP contribution in [0.2, 0.25) is 0 Å². The maximum Gasteiger partial charge on any atom is 0.340 e. The zero-order chi connectivity index (χ0) is 22.4. The van der Waals surface area contributed by atoms with Gasteiger partial charge in [-0.3, -0.25) is 0 Å². The van der Waals surface area contributed by atoms with Crippen LogP contribution in [0.25, 0.3) is 0 Å². The molecular weight excluding hydrogens is 1080 g/mol. The van der Waals surface area contributed by atoms with Gasteiger partial charge in [-0.05, 0) is 160 Å². The highest BCUT2D eigenvalue weighted by atomic mass is 127. The minimum absolute atomic E-state index is 0.102. The molecule has 1 spiro atoms. The Morgan fingerprint density at radius 1 is 0.742 bits per heavy atom. The van der Waals surface area contributed by atoms with Crippen molar-refractivity contribution < 1.29 is 24.5 Å². The molecule has 5 nitrogen and oxygen atoms in total. The van der Waals surface area contributed by atoms with Crippen molar-refractivity contribution in [3.05, 3.63) is 67.9 Å². The molecule has 3 aromatic carbocycles. The molecule has 0 amide bonds. The average Bonchev–Trinajstić information content (AvgIpc) is 3.00. The molecule has 0 saturated carbocycles. The number of halogens is 6. The van der Waals surface area contributed by atoms with Gasteiger partial charge in [-0.2, -0.15) is 0 Å². The van der Waals surface area contributed by atoms with Gasteiger partial charge in [0.25, 0.3) is 0 Å². The van der Waals surface area contributed by atoms with E-state index in [0.29, 0.717) is 42.5 Å². The second-order valence-corrected chi connectivity index (χ2v) is 13.7. The molecule has 0 fully saturated rings. The summed E-state index contributed by atoms with van der Waals surface area (Å²) in [6.07, 6.45) is 0.